The summed E-state index contributed by atoms with van der Waals surface area (Å²) in [6, 6.07) is -0.748. The molecule has 0 fully saturated rings. The van der Waals surface area contributed by atoms with Gasteiger partial charge in [0.2, 0.25) is 5.75 Å². The molecule has 1 atom stereocenters. The van der Waals surface area contributed by atoms with Gasteiger partial charge in [0.05, 0.1) is 33.1 Å². The minimum absolute atomic E-state index is 0.319. The first kappa shape index (κ1) is 21.1. The second-order valence-corrected chi connectivity index (χ2v) is 7.46. The second-order valence-electron chi connectivity index (χ2n) is 7.46. The molecule has 1 aliphatic rings. The van der Waals surface area contributed by atoms with Gasteiger partial charge in [-0.05, 0) is 26.8 Å². The predicted molar refractivity (Wildman–Crippen MR) is 109 cm³/mol. The minimum atomic E-state index is -0.748. The van der Waals surface area contributed by atoms with Crippen molar-refractivity contribution in [2.24, 2.45) is 0 Å². The van der Waals surface area contributed by atoms with Gasteiger partial charge in [-0.15, -0.1) is 6.42 Å². The third kappa shape index (κ3) is 3.54. The van der Waals surface area contributed by atoms with E-state index < -0.39 is 17.7 Å². The van der Waals surface area contributed by atoms with Crippen molar-refractivity contribution in [2.75, 3.05) is 21.3 Å². The fraction of sp³-hybridized carbons (Fsp3) is 0.364. The Hall–Kier alpha value is -3.60. The van der Waals surface area contributed by atoms with Gasteiger partial charge in [-0.1, -0.05) is 5.92 Å². The van der Waals surface area contributed by atoms with Crippen LogP contribution in [0.1, 0.15) is 49.3 Å². The lowest BCUT2D eigenvalue weighted by Crippen LogP contribution is -2.38. The first-order valence-corrected chi connectivity index (χ1v) is 9.17. The third-order valence-electron chi connectivity index (χ3n) is 4.48. The summed E-state index contributed by atoms with van der Waals surface area (Å²) in [6.07, 6.45) is 11.4. The third-order valence-corrected chi connectivity index (χ3v) is 4.48. The van der Waals surface area contributed by atoms with Gasteiger partial charge in [-0.3, -0.25) is 4.90 Å². The number of ether oxygens (including phenoxy) is 4. The van der Waals surface area contributed by atoms with Gasteiger partial charge in [-0.2, -0.15) is 0 Å². The van der Waals surface area contributed by atoms with E-state index in [0.717, 1.165) is 0 Å². The Morgan fingerprint density at radius 2 is 1.83 bits per heavy atom. The van der Waals surface area contributed by atoms with Crippen molar-refractivity contribution in [3.05, 3.63) is 41.2 Å². The van der Waals surface area contributed by atoms with Gasteiger partial charge in [0.25, 0.3) is 0 Å². The summed E-state index contributed by atoms with van der Waals surface area (Å²) in [7, 11) is 4.50. The topological polar surface area (TPSA) is 83.3 Å². The predicted octanol–water partition coefficient (Wildman–Crippen LogP) is 3.99. The molecule has 2 aromatic rings. The number of benzene rings is 1. The number of amides is 1. The monoisotopic (exact) mass is 412 g/mol. The van der Waals surface area contributed by atoms with Crippen LogP contribution in [0.25, 0.3) is 6.08 Å². The average Bonchev–Trinajstić information content (AvgIpc) is 3.23. The molecule has 2 heterocycles. The largest absolute Gasteiger partial charge is 0.492 e. The maximum atomic E-state index is 13.0. The molecule has 0 aliphatic carbocycles. The molecule has 1 unspecified atom stereocenters. The molecule has 0 radical (unpaired) electrons. The smallest absolute Gasteiger partial charge is 0.415 e. The van der Waals surface area contributed by atoms with Crippen LogP contribution in [0.5, 0.6) is 17.2 Å². The van der Waals surface area contributed by atoms with Crippen LogP contribution >= 0.6 is 0 Å². The molecule has 1 aromatic heterocycles. The SMILES string of the molecule is C#Cc1c(OC)c(OC)c(OC)c2c1C(c1cnco1)N(C(=O)OC(C)(C)C)C=C2. The fourth-order valence-electron chi connectivity index (χ4n) is 3.39. The molecule has 8 heteroatoms. The van der Waals surface area contributed by atoms with Crippen molar-refractivity contribution in [1.29, 1.82) is 0 Å². The van der Waals surface area contributed by atoms with Gasteiger partial charge in [0.1, 0.15) is 11.6 Å². The first-order valence-electron chi connectivity index (χ1n) is 9.17. The highest BCUT2D eigenvalue weighted by molar-refractivity contribution is 5.81. The summed E-state index contributed by atoms with van der Waals surface area (Å²) < 4.78 is 27.8. The normalized spacial score (nSPS) is 15.2. The van der Waals surface area contributed by atoms with Crippen LogP contribution in [0, 0.1) is 12.3 Å². The van der Waals surface area contributed by atoms with Gasteiger partial charge in [0, 0.05) is 17.3 Å². The molecular weight excluding hydrogens is 388 g/mol. The summed E-state index contributed by atoms with van der Waals surface area (Å²) in [5.74, 6) is 4.17. The molecule has 1 aliphatic heterocycles. The number of oxazole rings is 1. The highest BCUT2D eigenvalue weighted by Crippen LogP contribution is 2.51. The molecule has 158 valence electrons. The van der Waals surface area contributed by atoms with E-state index >= 15 is 0 Å². The maximum absolute atomic E-state index is 13.0. The molecule has 0 saturated heterocycles. The number of methoxy groups -OCH3 is 3. The minimum Gasteiger partial charge on any atom is -0.492 e. The van der Waals surface area contributed by atoms with E-state index in [4.69, 9.17) is 29.8 Å². The summed E-state index contributed by atoms with van der Waals surface area (Å²) >= 11 is 0. The van der Waals surface area contributed by atoms with Crippen LogP contribution in [0.3, 0.4) is 0 Å². The van der Waals surface area contributed by atoms with E-state index in [1.54, 1.807) is 33.0 Å². The van der Waals surface area contributed by atoms with Crippen molar-refractivity contribution in [3.63, 3.8) is 0 Å². The molecular formula is C22H24N2O6. The number of carbonyl (C=O) groups is 1. The Morgan fingerprint density at radius 1 is 1.17 bits per heavy atom. The molecule has 0 bridgehead atoms. The van der Waals surface area contributed by atoms with E-state index in [1.165, 1.54) is 38.8 Å². The zero-order valence-electron chi connectivity index (χ0n) is 17.8. The van der Waals surface area contributed by atoms with Gasteiger partial charge < -0.3 is 23.4 Å². The number of fused-ring (bicyclic) bond motifs is 1. The van der Waals surface area contributed by atoms with E-state index in [-0.39, 0.29) is 0 Å². The van der Waals surface area contributed by atoms with Gasteiger partial charge in [0.15, 0.2) is 23.7 Å². The van der Waals surface area contributed by atoms with Crippen molar-refractivity contribution in [2.45, 2.75) is 32.4 Å². The number of rotatable bonds is 4. The number of nitrogens with zero attached hydrogens (tertiary/aromatic N) is 2. The fourth-order valence-corrected chi connectivity index (χ4v) is 3.39. The van der Waals surface area contributed by atoms with Gasteiger partial charge >= 0.3 is 6.09 Å². The van der Waals surface area contributed by atoms with Gasteiger partial charge in [-0.25, -0.2) is 9.78 Å². The van der Waals surface area contributed by atoms with E-state index in [0.29, 0.717) is 39.7 Å². The molecule has 0 N–H and O–H groups in total. The zero-order chi connectivity index (χ0) is 22.1. The van der Waals surface area contributed by atoms with Crippen LogP contribution < -0.4 is 14.2 Å². The Labute approximate surface area is 175 Å². The molecule has 30 heavy (non-hydrogen) atoms. The number of carbonyl (C=O) groups excluding carboxylic acids is 1. The number of hydrogen-bond donors (Lipinski definition) is 0. The lowest BCUT2D eigenvalue weighted by molar-refractivity contribution is 0.0276. The lowest BCUT2D eigenvalue weighted by Gasteiger charge is -2.35. The second kappa shape index (κ2) is 8.03. The van der Waals surface area contributed by atoms with Crippen molar-refractivity contribution >= 4 is 12.2 Å². The Balaban J connectivity index is 2.32. The molecule has 3 rings (SSSR count). The van der Waals surface area contributed by atoms with Crippen LogP contribution in [-0.4, -0.2) is 42.9 Å². The first-order chi connectivity index (χ1) is 14.3. The molecule has 8 nitrogen and oxygen atoms in total. The lowest BCUT2D eigenvalue weighted by atomic mass is 9.88. The van der Waals surface area contributed by atoms with Crippen LogP contribution in [0.4, 0.5) is 4.79 Å². The Morgan fingerprint density at radius 3 is 2.33 bits per heavy atom. The van der Waals surface area contributed by atoms with E-state index in [2.05, 4.69) is 10.9 Å². The molecule has 0 saturated carbocycles. The van der Waals surface area contributed by atoms with Crippen molar-refractivity contribution in [1.82, 2.24) is 9.88 Å². The van der Waals surface area contributed by atoms with Crippen molar-refractivity contribution in [3.8, 4) is 29.6 Å². The van der Waals surface area contributed by atoms with Crippen molar-refractivity contribution < 1.29 is 28.2 Å². The number of hydrogen-bond acceptors (Lipinski definition) is 7. The maximum Gasteiger partial charge on any atom is 0.415 e. The summed E-state index contributed by atoms with van der Waals surface area (Å²) in [5, 5.41) is 0. The molecule has 0 spiro atoms. The molecule has 1 amide bonds. The van der Waals surface area contributed by atoms with Crippen LogP contribution in [0.2, 0.25) is 0 Å². The Kier molecular flexibility index (Phi) is 5.65. The average molecular weight is 412 g/mol. The Bertz CT molecular complexity index is 1010. The van der Waals surface area contributed by atoms with E-state index in [1.807, 2.05) is 0 Å². The quantitative estimate of drug-likeness (QED) is 0.702. The highest BCUT2D eigenvalue weighted by Gasteiger charge is 2.39. The van der Waals surface area contributed by atoms with Crippen LogP contribution in [-0.2, 0) is 4.74 Å². The van der Waals surface area contributed by atoms with E-state index in [9.17, 15) is 4.79 Å². The summed E-state index contributed by atoms with van der Waals surface area (Å²) in [4.78, 5) is 18.4. The summed E-state index contributed by atoms with van der Waals surface area (Å²) in [5.41, 5.74) is 0.937. The standard InChI is InChI=1S/C22H24N2O6/c1-8-13-16-14(19(27-6)20(28-7)18(13)26-5)9-10-24(21(25)30-22(2,3)4)17(16)15-11-23-12-29-15/h1,9-12,17H,2-7H3. The zero-order valence-corrected chi connectivity index (χ0v) is 17.8. The number of aromatic nitrogens is 1. The summed E-state index contributed by atoms with van der Waals surface area (Å²) in [6.45, 7) is 5.37. The van der Waals surface area contributed by atoms with Crippen LogP contribution in [0.15, 0.2) is 23.2 Å². The number of terminal acetylenes is 1. The molecule has 1 aromatic carbocycles. The highest BCUT2D eigenvalue weighted by atomic mass is 16.6.